The number of carbonyl (C=O) groups excluding carboxylic acids is 1. The van der Waals surface area contributed by atoms with E-state index in [-0.39, 0.29) is 5.91 Å². The van der Waals surface area contributed by atoms with Crippen molar-refractivity contribution < 1.29 is 9.21 Å². The van der Waals surface area contributed by atoms with E-state index < -0.39 is 0 Å². The molecule has 0 aliphatic rings. The van der Waals surface area contributed by atoms with Crippen LogP contribution in [0.5, 0.6) is 0 Å². The molecule has 0 radical (unpaired) electrons. The fourth-order valence-electron chi connectivity index (χ4n) is 2.02. The van der Waals surface area contributed by atoms with Crippen molar-refractivity contribution in [2.45, 2.75) is 13.5 Å². The van der Waals surface area contributed by atoms with Crippen LogP contribution in [-0.2, 0) is 11.3 Å². The number of imidazole rings is 1. The Morgan fingerprint density at radius 1 is 1.35 bits per heavy atom. The smallest absolute Gasteiger partial charge is 0.244 e. The van der Waals surface area contributed by atoms with Crippen LogP contribution in [0.2, 0.25) is 0 Å². The molecule has 0 atom stereocenters. The highest BCUT2D eigenvalue weighted by Gasteiger charge is 2.01. The molecule has 0 fully saturated rings. The molecule has 23 heavy (non-hydrogen) atoms. The van der Waals surface area contributed by atoms with Crippen molar-refractivity contribution in [2.24, 2.45) is 0 Å². The normalized spacial score (nSPS) is 11.0. The maximum atomic E-state index is 11.8. The standard InChI is InChI=1S/C17H16N4O2/c1-13-2-4-15(23-13)5-7-17(22)20-11-14-3-6-16(19-10-14)21-9-8-18-12-21/h2-10,12H,11H2,1H3,(H,20,22)/b7-5+. The fourth-order valence-corrected chi connectivity index (χ4v) is 2.02. The van der Waals surface area contributed by atoms with Crippen LogP contribution in [0, 0.1) is 6.92 Å². The average Bonchev–Trinajstić information content (AvgIpc) is 3.23. The van der Waals surface area contributed by atoms with Gasteiger partial charge in [-0.3, -0.25) is 9.36 Å². The maximum absolute atomic E-state index is 11.8. The van der Waals surface area contributed by atoms with E-state index in [1.54, 1.807) is 24.8 Å². The van der Waals surface area contributed by atoms with Gasteiger partial charge in [-0.1, -0.05) is 6.07 Å². The predicted octanol–water partition coefficient (Wildman–Crippen LogP) is 2.50. The highest BCUT2D eigenvalue weighted by atomic mass is 16.3. The second-order valence-corrected chi connectivity index (χ2v) is 4.99. The second-order valence-electron chi connectivity index (χ2n) is 4.99. The number of carbonyl (C=O) groups is 1. The lowest BCUT2D eigenvalue weighted by molar-refractivity contribution is -0.116. The largest absolute Gasteiger partial charge is 0.462 e. The number of aryl methyl sites for hydroxylation is 1. The first-order valence-electron chi connectivity index (χ1n) is 7.16. The Hall–Kier alpha value is -3.15. The molecule has 1 amide bonds. The SMILES string of the molecule is Cc1ccc(/C=C/C(=O)NCc2ccc(-n3ccnc3)nc2)o1. The van der Waals surface area contributed by atoms with Gasteiger partial charge in [0, 0.05) is 31.2 Å². The van der Waals surface area contributed by atoms with Crippen molar-refractivity contribution in [3.8, 4) is 5.82 Å². The van der Waals surface area contributed by atoms with Crippen LogP contribution in [0.3, 0.4) is 0 Å². The van der Waals surface area contributed by atoms with Gasteiger partial charge in [0.15, 0.2) is 0 Å². The third-order valence-electron chi connectivity index (χ3n) is 3.20. The molecule has 0 aromatic carbocycles. The first-order valence-corrected chi connectivity index (χ1v) is 7.16. The molecule has 6 nitrogen and oxygen atoms in total. The van der Waals surface area contributed by atoms with Gasteiger partial charge in [0.2, 0.25) is 5.91 Å². The average molecular weight is 308 g/mol. The summed E-state index contributed by atoms with van der Waals surface area (Å²) < 4.78 is 7.18. The quantitative estimate of drug-likeness (QED) is 0.735. The van der Waals surface area contributed by atoms with Crippen LogP contribution in [0.1, 0.15) is 17.1 Å². The van der Waals surface area contributed by atoms with E-state index in [0.29, 0.717) is 12.3 Å². The van der Waals surface area contributed by atoms with Crippen LogP contribution in [0.25, 0.3) is 11.9 Å². The van der Waals surface area contributed by atoms with Crippen molar-refractivity contribution in [3.05, 3.63) is 72.3 Å². The number of aromatic nitrogens is 3. The number of amides is 1. The number of pyridine rings is 1. The molecule has 116 valence electrons. The minimum absolute atomic E-state index is 0.183. The van der Waals surface area contributed by atoms with Crippen LogP contribution in [0.4, 0.5) is 0 Å². The van der Waals surface area contributed by atoms with Gasteiger partial charge in [0.05, 0.1) is 0 Å². The van der Waals surface area contributed by atoms with Gasteiger partial charge in [-0.25, -0.2) is 9.97 Å². The van der Waals surface area contributed by atoms with Crippen LogP contribution < -0.4 is 5.32 Å². The highest BCUT2D eigenvalue weighted by molar-refractivity contribution is 5.91. The topological polar surface area (TPSA) is 73.0 Å². The van der Waals surface area contributed by atoms with Gasteiger partial charge in [0.1, 0.15) is 23.7 Å². The Bertz CT molecular complexity index is 802. The summed E-state index contributed by atoms with van der Waals surface area (Å²) in [5, 5.41) is 2.80. The molecular formula is C17H16N4O2. The lowest BCUT2D eigenvalue weighted by atomic mass is 10.2. The van der Waals surface area contributed by atoms with Crippen LogP contribution in [-0.4, -0.2) is 20.4 Å². The molecule has 3 heterocycles. The van der Waals surface area contributed by atoms with Crippen molar-refractivity contribution in [1.29, 1.82) is 0 Å². The Kier molecular flexibility index (Phi) is 4.33. The summed E-state index contributed by atoms with van der Waals surface area (Å²) in [4.78, 5) is 20.1. The Morgan fingerprint density at radius 2 is 2.26 bits per heavy atom. The van der Waals surface area contributed by atoms with Gasteiger partial charge in [0.25, 0.3) is 0 Å². The second kappa shape index (κ2) is 6.74. The molecule has 0 saturated carbocycles. The summed E-state index contributed by atoms with van der Waals surface area (Å²) >= 11 is 0. The van der Waals surface area contributed by atoms with Gasteiger partial charge in [-0.15, -0.1) is 0 Å². The summed E-state index contributed by atoms with van der Waals surface area (Å²) in [5.74, 6) is 2.07. The minimum atomic E-state index is -0.183. The summed E-state index contributed by atoms with van der Waals surface area (Å²) in [5.41, 5.74) is 0.921. The number of rotatable bonds is 5. The molecule has 3 aromatic rings. The number of hydrogen-bond donors (Lipinski definition) is 1. The van der Waals surface area contributed by atoms with Crippen LogP contribution in [0.15, 0.2) is 59.7 Å². The number of furan rings is 1. The number of nitrogens with one attached hydrogen (secondary N) is 1. The van der Waals surface area contributed by atoms with Gasteiger partial charge in [-0.2, -0.15) is 0 Å². The van der Waals surface area contributed by atoms with E-state index in [1.807, 2.05) is 42.0 Å². The minimum Gasteiger partial charge on any atom is -0.462 e. The van der Waals surface area contributed by atoms with Crippen molar-refractivity contribution in [2.75, 3.05) is 0 Å². The Balaban J connectivity index is 1.53. The molecule has 0 saturated heterocycles. The maximum Gasteiger partial charge on any atom is 0.244 e. The molecule has 3 rings (SSSR count). The zero-order valence-corrected chi connectivity index (χ0v) is 12.6. The third kappa shape index (κ3) is 3.94. The molecule has 0 bridgehead atoms. The molecule has 0 unspecified atom stereocenters. The summed E-state index contributed by atoms with van der Waals surface area (Å²) in [6.45, 7) is 2.27. The summed E-state index contributed by atoms with van der Waals surface area (Å²) in [6, 6.07) is 7.47. The lowest BCUT2D eigenvalue weighted by Gasteiger charge is -2.04. The zero-order valence-electron chi connectivity index (χ0n) is 12.6. The highest BCUT2D eigenvalue weighted by Crippen LogP contribution is 2.08. The Morgan fingerprint density at radius 3 is 2.91 bits per heavy atom. The molecule has 0 aliphatic carbocycles. The molecule has 6 heteroatoms. The van der Waals surface area contributed by atoms with Crippen molar-refractivity contribution in [3.63, 3.8) is 0 Å². The zero-order chi connectivity index (χ0) is 16.1. The van der Waals surface area contributed by atoms with E-state index in [9.17, 15) is 4.79 Å². The summed E-state index contributed by atoms with van der Waals surface area (Å²) in [7, 11) is 0. The molecular weight excluding hydrogens is 292 g/mol. The van der Waals surface area contributed by atoms with E-state index in [4.69, 9.17) is 4.42 Å². The first-order chi connectivity index (χ1) is 11.2. The first kappa shape index (κ1) is 14.8. The Labute approximate surface area is 133 Å². The molecule has 0 aliphatic heterocycles. The van der Waals surface area contributed by atoms with Gasteiger partial charge < -0.3 is 9.73 Å². The summed E-state index contributed by atoms with van der Waals surface area (Å²) in [6.07, 6.45) is 10.0. The van der Waals surface area contributed by atoms with Gasteiger partial charge >= 0.3 is 0 Å². The van der Waals surface area contributed by atoms with E-state index in [0.717, 1.165) is 17.1 Å². The lowest BCUT2D eigenvalue weighted by Crippen LogP contribution is -2.20. The van der Waals surface area contributed by atoms with Gasteiger partial charge in [-0.05, 0) is 36.8 Å². The fraction of sp³-hybridized carbons (Fsp3) is 0.118. The number of hydrogen-bond acceptors (Lipinski definition) is 4. The molecule has 3 aromatic heterocycles. The monoisotopic (exact) mass is 308 g/mol. The van der Waals surface area contributed by atoms with E-state index in [1.165, 1.54) is 6.08 Å². The van der Waals surface area contributed by atoms with Crippen molar-refractivity contribution >= 4 is 12.0 Å². The third-order valence-corrected chi connectivity index (χ3v) is 3.20. The molecule has 1 N–H and O–H groups in total. The number of nitrogens with zero attached hydrogens (tertiary/aromatic N) is 3. The predicted molar refractivity (Wildman–Crippen MR) is 85.7 cm³/mol. The van der Waals surface area contributed by atoms with Crippen molar-refractivity contribution in [1.82, 2.24) is 19.9 Å². The molecule has 0 spiro atoms. The van der Waals surface area contributed by atoms with E-state index in [2.05, 4.69) is 15.3 Å². The van der Waals surface area contributed by atoms with Crippen LogP contribution >= 0.6 is 0 Å². The van der Waals surface area contributed by atoms with E-state index >= 15 is 0 Å².